The van der Waals surface area contributed by atoms with Crippen molar-refractivity contribution in [3.63, 3.8) is 0 Å². The molecular formula is C20H19NO6. The fourth-order valence-electron chi connectivity index (χ4n) is 2.51. The summed E-state index contributed by atoms with van der Waals surface area (Å²) in [6.45, 7) is 3.78. The Bertz CT molecular complexity index is 892. The first-order chi connectivity index (χ1) is 12.9. The molecule has 1 N–H and O–H groups in total. The number of carbonyl (C=O) groups is 3. The average Bonchev–Trinajstić information content (AvgIpc) is 2.67. The molecule has 2 aromatic rings. The predicted octanol–water partition coefficient (Wildman–Crippen LogP) is 2.84. The first kappa shape index (κ1) is 18.4. The number of ketones is 1. The van der Waals surface area contributed by atoms with Crippen LogP contribution in [0, 0.1) is 0 Å². The van der Waals surface area contributed by atoms with Crippen molar-refractivity contribution >= 4 is 23.3 Å². The number of benzene rings is 2. The third-order valence-corrected chi connectivity index (χ3v) is 3.97. The third-order valence-electron chi connectivity index (χ3n) is 3.97. The second-order valence-electron chi connectivity index (χ2n) is 6.03. The molecule has 3 rings (SSSR count). The van der Waals surface area contributed by atoms with Gasteiger partial charge in [-0.25, -0.2) is 4.79 Å². The molecule has 7 heteroatoms. The second-order valence-corrected chi connectivity index (χ2v) is 6.03. The molecule has 2 aromatic carbocycles. The first-order valence-corrected chi connectivity index (χ1v) is 8.46. The van der Waals surface area contributed by atoms with Crippen molar-refractivity contribution < 1.29 is 28.6 Å². The van der Waals surface area contributed by atoms with Crippen molar-refractivity contribution in [2.45, 2.75) is 20.0 Å². The summed E-state index contributed by atoms with van der Waals surface area (Å²) >= 11 is 0. The van der Waals surface area contributed by atoms with Gasteiger partial charge in [0, 0.05) is 11.3 Å². The van der Waals surface area contributed by atoms with Gasteiger partial charge < -0.3 is 19.5 Å². The minimum Gasteiger partial charge on any atom is -0.486 e. The number of fused-ring (bicyclic) bond motifs is 1. The van der Waals surface area contributed by atoms with Crippen LogP contribution in [0.15, 0.2) is 42.5 Å². The maximum Gasteiger partial charge on any atom is 0.339 e. The van der Waals surface area contributed by atoms with E-state index in [9.17, 15) is 14.4 Å². The van der Waals surface area contributed by atoms with Gasteiger partial charge in [0.25, 0.3) is 5.91 Å². The molecule has 0 unspecified atom stereocenters. The van der Waals surface area contributed by atoms with Crippen LogP contribution in [-0.4, -0.2) is 37.0 Å². The average molecular weight is 369 g/mol. The lowest BCUT2D eigenvalue weighted by molar-refractivity contribution is -0.123. The molecule has 27 heavy (non-hydrogen) atoms. The summed E-state index contributed by atoms with van der Waals surface area (Å²) in [6, 6.07) is 11.2. The number of Topliss-reactive ketones (excluding diaryl/α,β-unsaturated/α-hetero) is 1. The molecule has 1 amide bonds. The number of ether oxygens (including phenoxy) is 3. The summed E-state index contributed by atoms with van der Waals surface area (Å²) in [5.74, 6) is -0.222. The van der Waals surface area contributed by atoms with Gasteiger partial charge in [-0.1, -0.05) is 12.1 Å². The van der Waals surface area contributed by atoms with Crippen molar-refractivity contribution in [2.24, 2.45) is 0 Å². The van der Waals surface area contributed by atoms with Crippen LogP contribution in [0.5, 0.6) is 11.5 Å². The van der Waals surface area contributed by atoms with Gasteiger partial charge in [0.15, 0.2) is 23.4 Å². The van der Waals surface area contributed by atoms with Gasteiger partial charge in [-0.05, 0) is 44.2 Å². The van der Waals surface area contributed by atoms with E-state index in [0.717, 1.165) is 0 Å². The van der Waals surface area contributed by atoms with Crippen molar-refractivity contribution in [1.82, 2.24) is 0 Å². The second kappa shape index (κ2) is 7.90. The zero-order valence-corrected chi connectivity index (χ0v) is 15.0. The maximum atomic E-state index is 12.3. The van der Waals surface area contributed by atoms with Crippen molar-refractivity contribution in [3.05, 3.63) is 53.6 Å². The highest BCUT2D eigenvalue weighted by Gasteiger charge is 2.21. The van der Waals surface area contributed by atoms with E-state index in [1.165, 1.54) is 19.9 Å². The van der Waals surface area contributed by atoms with Crippen LogP contribution in [0.2, 0.25) is 0 Å². The Morgan fingerprint density at radius 1 is 1.00 bits per heavy atom. The number of nitrogens with one attached hydrogen (secondary N) is 1. The lowest BCUT2D eigenvalue weighted by Crippen LogP contribution is -2.30. The van der Waals surface area contributed by atoms with Crippen LogP contribution in [0.4, 0.5) is 5.69 Å². The molecule has 1 aliphatic heterocycles. The van der Waals surface area contributed by atoms with E-state index in [4.69, 9.17) is 14.2 Å². The number of carbonyl (C=O) groups excluding carboxylic acids is 3. The Balaban J connectivity index is 1.63. The van der Waals surface area contributed by atoms with E-state index in [1.54, 1.807) is 36.4 Å². The minimum atomic E-state index is -1.02. The normalized spacial score (nSPS) is 13.4. The molecule has 1 aliphatic rings. The summed E-state index contributed by atoms with van der Waals surface area (Å²) in [4.78, 5) is 36.0. The number of anilines is 1. The molecule has 0 aliphatic carbocycles. The van der Waals surface area contributed by atoms with Crippen LogP contribution in [-0.2, 0) is 9.53 Å². The van der Waals surface area contributed by atoms with E-state index in [0.29, 0.717) is 36.0 Å². The fourth-order valence-corrected chi connectivity index (χ4v) is 2.51. The number of hydrogen-bond donors (Lipinski definition) is 1. The summed E-state index contributed by atoms with van der Waals surface area (Å²) in [5, 5.41) is 2.63. The standard InChI is InChI=1S/C20H19NO6/c1-12(22)14-4-3-5-16(10-14)21-19(23)13(2)27-20(24)15-6-7-17-18(11-15)26-9-8-25-17/h3-7,10-11,13H,8-9H2,1-2H3,(H,21,23)/t13-/m0/s1. The highest BCUT2D eigenvalue weighted by Crippen LogP contribution is 2.31. The van der Waals surface area contributed by atoms with Gasteiger partial charge >= 0.3 is 5.97 Å². The molecule has 0 saturated carbocycles. The summed E-state index contributed by atoms with van der Waals surface area (Å²) in [5.41, 5.74) is 1.20. The first-order valence-electron chi connectivity index (χ1n) is 8.46. The summed E-state index contributed by atoms with van der Waals surface area (Å²) < 4.78 is 16.1. The van der Waals surface area contributed by atoms with Gasteiger partial charge in [0.05, 0.1) is 5.56 Å². The smallest absolute Gasteiger partial charge is 0.339 e. The third kappa shape index (κ3) is 4.44. The molecule has 0 spiro atoms. The fraction of sp³-hybridized carbons (Fsp3) is 0.250. The SMILES string of the molecule is CC(=O)c1cccc(NC(=O)[C@H](C)OC(=O)c2ccc3c(c2)OCCO3)c1. The van der Waals surface area contributed by atoms with E-state index >= 15 is 0 Å². The monoisotopic (exact) mass is 369 g/mol. The van der Waals surface area contributed by atoms with Crippen LogP contribution in [0.1, 0.15) is 34.6 Å². The van der Waals surface area contributed by atoms with E-state index in [2.05, 4.69) is 5.32 Å². The minimum absolute atomic E-state index is 0.107. The lowest BCUT2D eigenvalue weighted by Gasteiger charge is -2.19. The van der Waals surface area contributed by atoms with Gasteiger partial charge in [-0.3, -0.25) is 9.59 Å². The molecule has 0 bridgehead atoms. The number of esters is 1. The highest BCUT2D eigenvalue weighted by atomic mass is 16.6. The number of amides is 1. The van der Waals surface area contributed by atoms with Crippen molar-refractivity contribution in [2.75, 3.05) is 18.5 Å². The van der Waals surface area contributed by atoms with Crippen LogP contribution in [0.25, 0.3) is 0 Å². The van der Waals surface area contributed by atoms with E-state index in [-0.39, 0.29) is 11.3 Å². The highest BCUT2D eigenvalue weighted by molar-refractivity contribution is 5.99. The van der Waals surface area contributed by atoms with Gasteiger partial charge in [-0.2, -0.15) is 0 Å². The molecule has 7 nitrogen and oxygen atoms in total. The Hall–Kier alpha value is -3.35. The van der Waals surface area contributed by atoms with Crippen molar-refractivity contribution in [3.8, 4) is 11.5 Å². The molecule has 1 heterocycles. The van der Waals surface area contributed by atoms with Gasteiger partial charge in [0.2, 0.25) is 0 Å². The largest absolute Gasteiger partial charge is 0.486 e. The maximum absolute atomic E-state index is 12.3. The predicted molar refractivity (Wildman–Crippen MR) is 97.4 cm³/mol. The molecule has 0 fully saturated rings. The quantitative estimate of drug-likeness (QED) is 0.644. The Morgan fingerprint density at radius 3 is 2.48 bits per heavy atom. The lowest BCUT2D eigenvalue weighted by atomic mass is 10.1. The zero-order chi connectivity index (χ0) is 19.4. The number of hydrogen-bond acceptors (Lipinski definition) is 6. The molecule has 140 valence electrons. The molecule has 0 radical (unpaired) electrons. The van der Waals surface area contributed by atoms with Gasteiger partial charge in [-0.15, -0.1) is 0 Å². The summed E-state index contributed by atoms with van der Waals surface area (Å²) in [6.07, 6.45) is -1.02. The van der Waals surface area contributed by atoms with Crippen molar-refractivity contribution in [1.29, 1.82) is 0 Å². The Morgan fingerprint density at radius 2 is 1.74 bits per heavy atom. The van der Waals surface area contributed by atoms with Crippen LogP contribution >= 0.6 is 0 Å². The molecule has 0 aromatic heterocycles. The molecule has 0 saturated heterocycles. The van der Waals surface area contributed by atoms with Crippen LogP contribution < -0.4 is 14.8 Å². The van der Waals surface area contributed by atoms with Gasteiger partial charge in [0.1, 0.15) is 13.2 Å². The Kier molecular flexibility index (Phi) is 5.40. The zero-order valence-electron chi connectivity index (χ0n) is 15.0. The Labute approximate surface area is 156 Å². The molecule has 1 atom stereocenters. The molecular weight excluding hydrogens is 350 g/mol. The number of rotatable bonds is 5. The topological polar surface area (TPSA) is 90.9 Å². The summed E-state index contributed by atoms with van der Waals surface area (Å²) in [7, 11) is 0. The van der Waals surface area contributed by atoms with Crippen LogP contribution in [0.3, 0.4) is 0 Å². The van der Waals surface area contributed by atoms with E-state index in [1.807, 2.05) is 0 Å². The van der Waals surface area contributed by atoms with E-state index < -0.39 is 18.0 Å².